The molecule has 108 valence electrons. The molecule has 3 heteroatoms. The van der Waals surface area contributed by atoms with Crippen molar-refractivity contribution >= 4 is 5.91 Å². The lowest BCUT2D eigenvalue weighted by Gasteiger charge is -2.28. The number of carbonyl (C=O) groups excluding carboxylic acids is 1. The third-order valence-electron chi connectivity index (χ3n) is 4.13. The van der Waals surface area contributed by atoms with Gasteiger partial charge in [-0.05, 0) is 36.5 Å². The van der Waals surface area contributed by atoms with Crippen LogP contribution in [-0.4, -0.2) is 11.9 Å². The Morgan fingerprint density at radius 1 is 1.05 bits per heavy atom. The molecule has 3 nitrogen and oxygen atoms in total. The number of hydrogen-bond donors (Lipinski definition) is 2. The van der Waals surface area contributed by atoms with Gasteiger partial charge in [-0.1, -0.05) is 54.6 Å². The molecule has 3 N–H and O–H groups in total. The highest BCUT2D eigenvalue weighted by Gasteiger charge is 2.38. The van der Waals surface area contributed by atoms with Crippen LogP contribution in [0.2, 0.25) is 0 Å². The van der Waals surface area contributed by atoms with E-state index in [1.54, 1.807) is 0 Å². The van der Waals surface area contributed by atoms with Crippen molar-refractivity contribution in [3.05, 3.63) is 60.2 Å². The highest BCUT2D eigenvalue weighted by Crippen LogP contribution is 2.30. The Labute approximate surface area is 125 Å². The predicted molar refractivity (Wildman–Crippen MR) is 84.6 cm³/mol. The monoisotopic (exact) mass is 280 g/mol. The molecule has 1 amide bonds. The average Bonchev–Trinajstić information content (AvgIpc) is 3.32. The highest BCUT2D eigenvalue weighted by atomic mass is 16.1. The fourth-order valence-electron chi connectivity index (χ4n) is 2.56. The zero-order valence-corrected chi connectivity index (χ0v) is 12.2. The molecule has 21 heavy (non-hydrogen) atoms. The van der Waals surface area contributed by atoms with Crippen LogP contribution in [0, 0.1) is 0 Å². The van der Waals surface area contributed by atoms with Gasteiger partial charge in [0.15, 0.2) is 0 Å². The van der Waals surface area contributed by atoms with Crippen LogP contribution in [0.4, 0.5) is 0 Å². The fraction of sp³-hybridized carbons (Fsp3) is 0.278. The first-order chi connectivity index (χ1) is 10.1. The van der Waals surface area contributed by atoms with Gasteiger partial charge in [0.2, 0.25) is 5.91 Å². The van der Waals surface area contributed by atoms with E-state index in [1.165, 1.54) is 5.56 Å². The van der Waals surface area contributed by atoms with Gasteiger partial charge >= 0.3 is 0 Å². The standard InChI is InChI=1S/C18H20N2O/c1-18(17(19)21,20-16-11-12-16)15-9-7-14(8-10-15)13-5-3-2-4-6-13/h2-10,16,20H,11-12H2,1H3,(H2,19,21). The van der Waals surface area contributed by atoms with E-state index in [1.807, 2.05) is 49.4 Å². The summed E-state index contributed by atoms with van der Waals surface area (Å²) in [6.45, 7) is 1.87. The number of hydrogen-bond acceptors (Lipinski definition) is 2. The number of benzene rings is 2. The maximum absolute atomic E-state index is 11.9. The van der Waals surface area contributed by atoms with Gasteiger partial charge in [0.1, 0.15) is 5.54 Å². The second-order valence-electron chi connectivity index (χ2n) is 5.85. The summed E-state index contributed by atoms with van der Waals surface area (Å²) in [5.41, 5.74) is 8.05. The van der Waals surface area contributed by atoms with Crippen LogP contribution < -0.4 is 11.1 Å². The number of primary amides is 1. The maximum atomic E-state index is 11.9. The van der Waals surface area contributed by atoms with Gasteiger partial charge in [-0.25, -0.2) is 0 Å². The molecule has 0 spiro atoms. The lowest BCUT2D eigenvalue weighted by atomic mass is 9.89. The van der Waals surface area contributed by atoms with Crippen molar-refractivity contribution in [2.45, 2.75) is 31.3 Å². The molecule has 0 aromatic heterocycles. The topological polar surface area (TPSA) is 55.1 Å². The van der Waals surface area contributed by atoms with Crippen LogP contribution in [0.1, 0.15) is 25.3 Å². The molecule has 0 heterocycles. The molecule has 0 radical (unpaired) electrons. The molecule has 3 rings (SSSR count). The Morgan fingerprint density at radius 3 is 2.14 bits per heavy atom. The van der Waals surface area contributed by atoms with Crippen molar-refractivity contribution in [1.82, 2.24) is 5.32 Å². The van der Waals surface area contributed by atoms with Gasteiger partial charge in [0, 0.05) is 6.04 Å². The minimum Gasteiger partial charge on any atom is -0.368 e. The SMILES string of the molecule is CC(NC1CC1)(C(N)=O)c1ccc(-c2ccccc2)cc1. The molecular formula is C18H20N2O. The zero-order chi connectivity index (χ0) is 14.9. The first-order valence-corrected chi connectivity index (χ1v) is 7.33. The van der Waals surface area contributed by atoms with Crippen molar-refractivity contribution in [1.29, 1.82) is 0 Å². The van der Waals surface area contributed by atoms with E-state index in [0.717, 1.165) is 24.0 Å². The molecule has 0 bridgehead atoms. The molecule has 0 aliphatic heterocycles. The van der Waals surface area contributed by atoms with Crippen molar-refractivity contribution in [2.24, 2.45) is 5.73 Å². The third kappa shape index (κ3) is 2.83. The van der Waals surface area contributed by atoms with E-state index in [-0.39, 0.29) is 5.91 Å². The number of amides is 1. The summed E-state index contributed by atoms with van der Waals surface area (Å²) in [5, 5.41) is 3.37. The summed E-state index contributed by atoms with van der Waals surface area (Å²) in [6, 6.07) is 18.7. The summed E-state index contributed by atoms with van der Waals surface area (Å²) in [6.07, 6.45) is 2.23. The lowest BCUT2D eigenvalue weighted by molar-refractivity contribution is -0.124. The third-order valence-corrected chi connectivity index (χ3v) is 4.13. The van der Waals surface area contributed by atoms with Crippen molar-refractivity contribution in [2.75, 3.05) is 0 Å². The Kier molecular flexibility index (Phi) is 3.52. The van der Waals surface area contributed by atoms with E-state index >= 15 is 0 Å². The fourth-order valence-corrected chi connectivity index (χ4v) is 2.56. The smallest absolute Gasteiger partial charge is 0.242 e. The Balaban J connectivity index is 1.90. The molecule has 1 atom stereocenters. The zero-order valence-electron chi connectivity index (χ0n) is 12.2. The molecule has 1 aliphatic rings. The van der Waals surface area contributed by atoms with Crippen LogP contribution in [0.15, 0.2) is 54.6 Å². The summed E-state index contributed by atoms with van der Waals surface area (Å²) >= 11 is 0. The number of nitrogens with two attached hydrogens (primary N) is 1. The molecule has 2 aromatic carbocycles. The van der Waals surface area contributed by atoms with E-state index in [9.17, 15) is 4.79 Å². The summed E-state index contributed by atoms with van der Waals surface area (Å²) < 4.78 is 0. The molecule has 1 fully saturated rings. The minimum absolute atomic E-state index is 0.332. The van der Waals surface area contributed by atoms with Gasteiger partial charge in [-0.2, -0.15) is 0 Å². The number of nitrogens with one attached hydrogen (secondary N) is 1. The molecular weight excluding hydrogens is 260 g/mol. The minimum atomic E-state index is -0.795. The quantitative estimate of drug-likeness (QED) is 0.885. The summed E-state index contributed by atoms with van der Waals surface area (Å²) in [4.78, 5) is 11.9. The van der Waals surface area contributed by atoms with Crippen molar-refractivity contribution < 1.29 is 4.79 Å². The predicted octanol–water partition coefficient (Wildman–Crippen LogP) is 2.81. The van der Waals surface area contributed by atoms with E-state index in [2.05, 4.69) is 17.4 Å². The number of carbonyl (C=O) groups is 1. The van der Waals surface area contributed by atoms with Gasteiger partial charge < -0.3 is 5.73 Å². The second kappa shape index (κ2) is 5.34. The van der Waals surface area contributed by atoms with Crippen LogP contribution >= 0.6 is 0 Å². The van der Waals surface area contributed by atoms with Crippen LogP contribution in [0.5, 0.6) is 0 Å². The van der Waals surface area contributed by atoms with Gasteiger partial charge in [0.05, 0.1) is 0 Å². The van der Waals surface area contributed by atoms with Crippen LogP contribution in [0.3, 0.4) is 0 Å². The largest absolute Gasteiger partial charge is 0.368 e. The maximum Gasteiger partial charge on any atom is 0.242 e. The van der Waals surface area contributed by atoms with Crippen LogP contribution in [0.25, 0.3) is 11.1 Å². The van der Waals surface area contributed by atoms with E-state index in [0.29, 0.717) is 6.04 Å². The molecule has 2 aromatic rings. The average molecular weight is 280 g/mol. The molecule has 1 saturated carbocycles. The first-order valence-electron chi connectivity index (χ1n) is 7.33. The van der Waals surface area contributed by atoms with Gasteiger partial charge in [0.25, 0.3) is 0 Å². The van der Waals surface area contributed by atoms with E-state index < -0.39 is 5.54 Å². The summed E-state index contributed by atoms with van der Waals surface area (Å²) in [5.74, 6) is -0.332. The van der Waals surface area contributed by atoms with Gasteiger partial charge in [-0.15, -0.1) is 0 Å². The van der Waals surface area contributed by atoms with Gasteiger partial charge in [-0.3, -0.25) is 10.1 Å². The second-order valence-corrected chi connectivity index (χ2v) is 5.85. The Morgan fingerprint density at radius 2 is 1.62 bits per heavy atom. The first kappa shape index (κ1) is 13.8. The molecule has 0 saturated heterocycles. The highest BCUT2D eigenvalue weighted by molar-refractivity contribution is 5.86. The van der Waals surface area contributed by atoms with Crippen LogP contribution in [-0.2, 0) is 10.3 Å². The van der Waals surface area contributed by atoms with Crippen molar-refractivity contribution in [3.8, 4) is 11.1 Å². The van der Waals surface area contributed by atoms with E-state index in [4.69, 9.17) is 5.73 Å². The molecule has 1 unspecified atom stereocenters. The summed E-state index contributed by atoms with van der Waals surface area (Å²) in [7, 11) is 0. The number of rotatable bonds is 5. The van der Waals surface area contributed by atoms with Crippen molar-refractivity contribution in [3.63, 3.8) is 0 Å². The normalized spacial score (nSPS) is 17.2. The lowest BCUT2D eigenvalue weighted by Crippen LogP contribution is -2.51. The Hall–Kier alpha value is -2.13. The Bertz CT molecular complexity index is 632. The molecule has 1 aliphatic carbocycles.